The Bertz CT molecular complexity index is 308. The highest BCUT2D eigenvalue weighted by molar-refractivity contribution is 5.89. The van der Waals surface area contributed by atoms with Gasteiger partial charge >= 0.3 is 5.97 Å². The number of hydrogen-bond acceptors (Lipinski definition) is 2. The van der Waals surface area contributed by atoms with Gasteiger partial charge in [0.2, 0.25) is 5.91 Å². The van der Waals surface area contributed by atoms with Crippen LogP contribution in [0.15, 0.2) is 0 Å². The highest BCUT2D eigenvalue weighted by Crippen LogP contribution is 2.40. The number of carboxylic acid groups (broad SMARTS) is 1. The molecule has 1 N–H and O–H groups in total. The van der Waals surface area contributed by atoms with Crippen LogP contribution in [0.1, 0.15) is 44.9 Å². The Balaban J connectivity index is 1.88. The van der Waals surface area contributed by atoms with E-state index >= 15 is 0 Å². The maximum Gasteiger partial charge on any atom is 0.307 e. The van der Waals surface area contributed by atoms with E-state index in [0.29, 0.717) is 12.5 Å². The molecule has 1 amide bonds. The summed E-state index contributed by atoms with van der Waals surface area (Å²) in [6, 6.07) is 0.333. The molecule has 0 aromatic carbocycles. The second-order valence-electron chi connectivity index (χ2n) is 5.38. The molecule has 2 unspecified atom stereocenters. The molecule has 2 fully saturated rings. The van der Waals surface area contributed by atoms with Crippen LogP contribution in [0.25, 0.3) is 0 Å². The monoisotopic (exact) mass is 239 g/mol. The lowest BCUT2D eigenvalue weighted by Crippen LogP contribution is -2.38. The minimum Gasteiger partial charge on any atom is -0.481 e. The lowest BCUT2D eigenvalue weighted by atomic mass is 10.1. The van der Waals surface area contributed by atoms with Crippen molar-refractivity contribution in [2.45, 2.75) is 51.0 Å². The molecule has 0 saturated heterocycles. The topological polar surface area (TPSA) is 57.6 Å². The van der Waals surface area contributed by atoms with Crippen molar-refractivity contribution in [1.29, 1.82) is 0 Å². The van der Waals surface area contributed by atoms with Crippen molar-refractivity contribution >= 4 is 11.9 Å². The number of rotatable bonds is 3. The van der Waals surface area contributed by atoms with Gasteiger partial charge in [-0.25, -0.2) is 0 Å². The number of carbonyl (C=O) groups is 2. The van der Waals surface area contributed by atoms with Crippen LogP contribution in [0.3, 0.4) is 0 Å². The van der Waals surface area contributed by atoms with Crippen LogP contribution in [0.2, 0.25) is 0 Å². The number of carbonyl (C=O) groups excluding carboxylic acids is 1. The average molecular weight is 239 g/mol. The van der Waals surface area contributed by atoms with Gasteiger partial charge < -0.3 is 10.0 Å². The summed E-state index contributed by atoms with van der Waals surface area (Å²) < 4.78 is 0. The van der Waals surface area contributed by atoms with Crippen molar-refractivity contribution in [2.75, 3.05) is 7.05 Å². The summed E-state index contributed by atoms with van der Waals surface area (Å²) in [5, 5.41) is 8.84. The Kier molecular flexibility index (Phi) is 3.69. The van der Waals surface area contributed by atoms with E-state index in [9.17, 15) is 9.59 Å². The molecular formula is C13H21NO3. The summed E-state index contributed by atoms with van der Waals surface area (Å²) in [4.78, 5) is 24.7. The maximum absolute atomic E-state index is 12.1. The van der Waals surface area contributed by atoms with Crippen LogP contribution in [-0.4, -0.2) is 35.0 Å². The Morgan fingerprint density at radius 1 is 1.06 bits per heavy atom. The van der Waals surface area contributed by atoms with Gasteiger partial charge in [0.1, 0.15) is 0 Å². The third kappa shape index (κ3) is 2.79. The SMILES string of the molecule is CN(C(=O)C1CC1C(=O)O)C1CCCCCC1. The zero-order valence-corrected chi connectivity index (χ0v) is 10.4. The van der Waals surface area contributed by atoms with E-state index in [2.05, 4.69) is 0 Å². The molecule has 0 aromatic rings. The third-order valence-electron chi connectivity index (χ3n) is 4.14. The fourth-order valence-corrected chi connectivity index (χ4v) is 2.83. The van der Waals surface area contributed by atoms with Crippen molar-refractivity contribution in [3.8, 4) is 0 Å². The molecule has 96 valence electrons. The van der Waals surface area contributed by atoms with E-state index in [0.717, 1.165) is 12.8 Å². The fourth-order valence-electron chi connectivity index (χ4n) is 2.83. The van der Waals surface area contributed by atoms with E-state index in [1.54, 1.807) is 0 Å². The number of aliphatic carboxylic acids is 1. The van der Waals surface area contributed by atoms with E-state index < -0.39 is 11.9 Å². The number of hydrogen-bond donors (Lipinski definition) is 1. The third-order valence-corrected chi connectivity index (χ3v) is 4.14. The number of nitrogens with zero attached hydrogens (tertiary/aromatic N) is 1. The fraction of sp³-hybridized carbons (Fsp3) is 0.846. The highest BCUT2D eigenvalue weighted by Gasteiger charge is 2.49. The van der Waals surface area contributed by atoms with Crippen LogP contribution in [0.5, 0.6) is 0 Å². The molecule has 2 saturated carbocycles. The van der Waals surface area contributed by atoms with Gasteiger partial charge in [-0.1, -0.05) is 25.7 Å². The van der Waals surface area contributed by atoms with Crippen LogP contribution < -0.4 is 0 Å². The van der Waals surface area contributed by atoms with E-state index in [-0.39, 0.29) is 11.8 Å². The van der Waals surface area contributed by atoms with Crippen LogP contribution >= 0.6 is 0 Å². The number of carboxylic acids is 1. The molecule has 4 heteroatoms. The number of amides is 1. The maximum atomic E-state index is 12.1. The lowest BCUT2D eigenvalue weighted by Gasteiger charge is -2.27. The molecule has 0 bridgehead atoms. The lowest BCUT2D eigenvalue weighted by molar-refractivity contribution is -0.142. The van der Waals surface area contributed by atoms with Gasteiger partial charge in [-0.15, -0.1) is 0 Å². The molecule has 0 spiro atoms. The van der Waals surface area contributed by atoms with E-state index in [1.807, 2.05) is 11.9 Å². The second-order valence-corrected chi connectivity index (χ2v) is 5.38. The Morgan fingerprint density at radius 2 is 1.65 bits per heavy atom. The first-order valence-electron chi connectivity index (χ1n) is 6.60. The van der Waals surface area contributed by atoms with Crippen molar-refractivity contribution in [1.82, 2.24) is 4.90 Å². The zero-order chi connectivity index (χ0) is 12.4. The summed E-state index contributed by atoms with van der Waals surface area (Å²) in [6.07, 6.45) is 7.59. The quantitative estimate of drug-likeness (QED) is 0.765. The van der Waals surface area contributed by atoms with Crippen molar-refractivity contribution in [3.05, 3.63) is 0 Å². The molecule has 2 aliphatic carbocycles. The molecule has 0 aromatic heterocycles. The van der Waals surface area contributed by atoms with Gasteiger partial charge in [-0.3, -0.25) is 9.59 Å². The molecule has 2 rings (SSSR count). The van der Waals surface area contributed by atoms with Gasteiger partial charge in [0.25, 0.3) is 0 Å². The highest BCUT2D eigenvalue weighted by atomic mass is 16.4. The van der Waals surface area contributed by atoms with E-state index in [4.69, 9.17) is 5.11 Å². The molecule has 0 radical (unpaired) electrons. The molecule has 17 heavy (non-hydrogen) atoms. The van der Waals surface area contributed by atoms with Crippen molar-refractivity contribution in [3.63, 3.8) is 0 Å². The summed E-state index contributed by atoms with van der Waals surface area (Å²) >= 11 is 0. The summed E-state index contributed by atoms with van der Waals surface area (Å²) in [5.41, 5.74) is 0. The van der Waals surface area contributed by atoms with Crippen LogP contribution in [0, 0.1) is 11.8 Å². The van der Waals surface area contributed by atoms with Crippen LogP contribution in [-0.2, 0) is 9.59 Å². The first-order chi connectivity index (χ1) is 8.11. The predicted molar refractivity (Wildman–Crippen MR) is 63.5 cm³/mol. The molecular weight excluding hydrogens is 218 g/mol. The summed E-state index contributed by atoms with van der Waals surface area (Å²) in [6.45, 7) is 0. The molecule has 0 heterocycles. The van der Waals surface area contributed by atoms with E-state index in [1.165, 1.54) is 25.7 Å². The normalized spacial score (nSPS) is 29.5. The standard InChI is InChI=1S/C13H21NO3/c1-14(9-6-4-2-3-5-7-9)12(15)10-8-11(10)13(16)17/h9-11H,2-8H2,1H3,(H,16,17). The zero-order valence-electron chi connectivity index (χ0n) is 10.4. The smallest absolute Gasteiger partial charge is 0.307 e. The predicted octanol–water partition coefficient (Wildman–Crippen LogP) is 1.89. The van der Waals surface area contributed by atoms with Crippen LogP contribution in [0.4, 0.5) is 0 Å². The van der Waals surface area contributed by atoms with Crippen molar-refractivity contribution in [2.24, 2.45) is 11.8 Å². The largest absolute Gasteiger partial charge is 0.481 e. The Hall–Kier alpha value is -1.06. The minimum absolute atomic E-state index is 0.0456. The van der Waals surface area contributed by atoms with Gasteiger partial charge in [0.15, 0.2) is 0 Å². The summed E-state index contributed by atoms with van der Waals surface area (Å²) in [7, 11) is 1.84. The second kappa shape index (κ2) is 5.07. The summed E-state index contributed by atoms with van der Waals surface area (Å²) in [5.74, 6) is -1.45. The van der Waals surface area contributed by atoms with Crippen molar-refractivity contribution < 1.29 is 14.7 Å². The first-order valence-corrected chi connectivity index (χ1v) is 6.60. The molecule has 2 aliphatic rings. The molecule has 4 nitrogen and oxygen atoms in total. The Morgan fingerprint density at radius 3 is 2.12 bits per heavy atom. The average Bonchev–Trinajstić information content (AvgIpc) is 3.10. The molecule has 2 atom stereocenters. The van der Waals surface area contributed by atoms with Gasteiger partial charge in [-0.2, -0.15) is 0 Å². The minimum atomic E-state index is -0.822. The van der Waals surface area contributed by atoms with Gasteiger partial charge in [0, 0.05) is 13.1 Å². The van der Waals surface area contributed by atoms with Gasteiger partial charge in [-0.05, 0) is 19.3 Å². The first kappa shape index (κ1) is 12.4. The Labute approximate surface area is 102 Å². The molecule has 0 aliphatic heterocycles. The van der Waals surface area contributed by atoms with Gasteiger partial charge in [0.05, 0.1) is 11.8 Å².